The Kier molecular flexibility index (Phi) is 2.57. The number of benzene rings is 1. The van der Waals surface area contributed by atoms with E-state index in [2.05, 4.69) is 21.2 Å². The van der Waals surface area contributed by atoms with Gasteiger partial charge in [-0.05, 0) is 43.4 Å². The van der Waals surface area contributed by atoms with Crippen LogP contribution in [-0.4, -0.2) is 17.2 Å². The molecular weight excluding hydrogens is 266 g/mol. The molecule has 2 atom stereocenters. The van der Waals surface area contributed by atoms with Crippen LogP contribution in [0.3, 0.4) is 0 Å². The van der Waals surface area contributed by atoms with E-state index < -0.39 is 5.60 Å². The Morgan fingerprint density at radius 2 is 1.94 bits per heavy atom. The largest absolute Gasteiger partial charge is 0.385 e. The van der Waals surface area contributed by atoms with Crippen LogP contribution in [0.5, 0.6) is 0 Å². The van der Waals surface area contributed by atoms with E-state index in [1.807, 2.05) is 24.3 Å². The van der Waals surface area contributed by atoms with Gasteiger partial charge in [0.25, 0.3) is 0 Å². The molecule has 0 amide bonds. The molecule has 0 radical (unpaired) electrons. The van der Waals surface area contributed by atoms with Crippen LogP contribution in [0.1, 0.15) is 31.2 Å². The summed E-state index contributed by atoms with van der Waals surface area (Å²) in [6.07, 6.45) is 4.11. The lowest BCUT2D eigenvalue weighted by atomic mass is 9.81. The first-order chi connectivity index (χ1) is 7.66. The molecule has 16 heavy (non-hydrogen) atoms. The molecule has 2 nitrogen and oxygen atoms in total. The number of hydrogen-bond donors (Lipinski definition) is 2. The number of rotatable bonds is 1. The van der Waals surface area contributed by atoms with Gasteiger partial charge in [-0.2, -0.15) is 0 Å². The normalized spacial score (nSPS) is 37.6. The van der Waals surface area contributed by atoms with Crippen molar-refractivity contribution in [2.45, 2.75) is 43.4 Å². The third-order valence-electron chi connectivity index (χ3n) is 3.87. The maximum Gasteiger partial charge on any atom is 0.0926 e. The van der Waals surface area contributed by atoms with Gasteiger partial charge in [-0.15, -0.1) is 0 Å². The van der Waals surface area contributed by atoms with Crippen LogP contribution >= 0.6 is 15.9 Å². The van der Waals surface area contributed by atoms with E-state index >= 15 is 0 Å². The summed E-state index contributed by atoms with van der Waals surface area (Å²) in [4.78, 5) is 0. The summed E-state index contributed by atoms with van der Waals surface area (Å²) in [6.45, 7) is 0. The smallest absolute Gasteiger partial charge is 0.0926 e. The molecule has 2 bridgehead atoms. The molecule has 2 aliphatic heterocycles. The van der Waals surface area contributed by atoms with E-state index in [4.69, 9.17) is 0 Å². The molecule has 2 unspecified atom stereocenters. The Morgan fingerprint density at radius 3 is 2.56 bits per heavy atom. The van der Waals surface area contributed by atoms with E-state index in [-0.39, 0.29) is 0 Å². The van der Waals surface area contributed by atoms with Gasteiger partial charge in [0.05, 0.1) is 5.60 Å². The summed E-state index contributed by atoms with van der Waals surface area (Å²) < 4.78 is 1.05. The van der Waals surface area contributed by atoms with E-state index in [1.165, 1.54) is 12.8 Å². The van der Waals surface area contributed by atoms with Crippen LogP contribution < -0.4 is 5.32 Å². The lowest BCUT2D eigenvalue weighted by molar-refractivity contribution is -0.0115. The predicted octanol–water partition coefficient (Wildman–Crippen LogP) is 2.55. The van der Waals surface area contributed by atoms with Gasteiger partial charge in [-0.1, -0.05) is 28.1 Å². The zero-order chi connectivity index (χ0) is 11.2. The van der Waals surface area contributed by atoms with Crippen molar-refractivity contribution in [1.82, 2.24) is 5.32 Å². The molecule has 2 N–H and O–H groups in total. The van der Waals surface area contributed by atoms with Crippen LogP contribution in [0.15, 0.2) is 28.7 Å². The van der Waals surface area contributed by atoms with E-state index in [9.17, 15) is 5.11 Å². The molecule has 3 heteroatoms. The highest BCUT2D eigenvalue weighted by Crippen LogP contribution is 2.41. The first-order valence-electron chi connectivity index (χ1n) is 5.90. The van der Waals surface area contributed by atoms with Gasteiger partial charge in [0, 0.05) is 16.6 Å². The number of hydrogen-bond acceptors (Lipinski definition) is 2. The Balaban J connectivity index is 1.93. The fourth-order valence-corrected chi connectivity index (χ4v) is 3.54. The van der Waals surface area contributed by atoms with Gasteiger partial charge in [0.15, 0.2) is 0 Å². The van der Waals surface area contributed by atoms with Crippen molar-refractivity contribution in [2.75, 3.05) is 0 Å². The number of piperidine rings is 1. The standard InChI is InChI=1S/C13H16BrNO/c14-10-3-1-2-9(6-10)13(16)7-11-4-5-12(8-13)15-11/h1-3,6,11-12,15-16H,4-5,7-8H2. The maximum atomic E-state index is 10.8. The van der Waals surface area contributed by atoms with Crippen LogP contribution in [0.25, 0.3) is 0 Å². The Morgan fingerprint density at radius 1 is 1.25 bits per heavy atom. The molecule has 0 aromatic heterocycles. The summed E-state index contributed by atoms with van der Waals surface area (Å²) in [7, 11) is 0. The monoisotopic (exact) mass is 281 g/mol. The second kappa shape index (κ2) is 3.83. The minimum atomic E-state index is -0.624. The van der Waals surface area contributed by atoms with Gasteiger partial charge in [0.1, 0.15) is 0 Å². The number of aliphatic hydroxyl groups is 1. The summed E-state index contributed by atoms with van der Waals surface area (Å²) >= 11 is 3.47. The number of halogens is 1. The average molecular weight is 282 g/mol. The summed E-state index contributed by atoms with van der Waals surface area (Å²) in [5, 5.41) is 14.3. The third-order valence-corrected chi connectivity index (χ3v) is 4.36. The van der Waals surface area contributed by atoms with Crippen LogP contribution in [0.2, 0.25) is 0 Å². The lowest BCUT2D eigenvalue weighted by Gasteiger charge is -2.37. The van der Waals surface area contributed by atoms with E-state index in [1.54, 1.807) is 0 Å². The molecule has 2 heterocycles. The second-order valence-electron chi connectivity index (χ2n) is 5.09. The molecule has 0 saturated carbocycles. The van der Waals surface area contributed by atoms with Crippen LogP contribution in [0, 0.1) is 0 Å². The topological polar surface area (TPSA) is 32.3 Å². The van der Waals surface area contributed by atoms with Gasteiger partial charge in [0.2, 0.25) is 0 Å². The van der Waals surface area contributed by atoms with Crippen molar-refractivity contribution in [3.05, 3.63) is 34.3 Å². The van der Waals surface area contributed by atoms with E-state index in [0.717, 1.165) is 22.9 Å². The SMILES string of the molecule is OC1(c2cccc(Br)c2)CC2CCC(C1)N2. The fraction of sp³-hybridized carbons (Fsp3) is 0.538. The molecule has 1 aromatic rings. The molecule has 0 aliphatic carbocycles. The molecule has 86 valence electrons. The zero-order valence-electron chi connectivity index (χ0n) is 9.12. The van der Waals surface area contributed by atoms with Gasteiger partial charge in [-0.25, -0.2) is 0 Å². The van der Waals surface area contributed by atoms with Crippen LogP contribution in [0.4, 0.5) is 0 Å². The summed E-state index contributed by atoms with van der Waals surface area (Å²) in [5.41, 5.74) is 0.432. The zero-order valence-corrected chi connectivity index (χ0v) is 10.7. The minimum absolute atomic E-state index is 0.503. The molecule has 2 aliphatic rings. The first kappa shape index (κ1) is 10.8. The highest BCUT2D eigenvalue weighted by atomic mass is 79.9. The van der Waals surface area contributed by atoms with E-state index in [0.29, 0.717) is 12.1 Å². The average Bonchev–Trinajstić information content (AvgIpc) is 2.59. The van der Waals surface area contributed by atoms with Crippen LogP contribution in [-0.2, 0) is 5.60 Å². The van der Waals surface area contributed by atoms with Gasteiger partial charge in [-0.3, -0.25) is 0 Å². The minimum Gasteiger partial charge on any atom is -0.385 e. The molecule has 2 fully saturated rings. The van der Waals surface area contributed by atoms with Crippen molar-refractivity contribution in [2.24, 2.45) is 0 Å². The molecule has 2 saturated heterocycles. The van der Waals surface area contributed by atoms with Crippen molar-refractivity contribution in [3.63, 3.8) is 0 Å². The highest BCUT2D eigenvalue weighted by Gasteiger charge is 2.43. The highest BCUT2D eigenvalue weighted by molar-refractivity contribution is 9.10. The quantitative estimate of drug-likeness (QED) is 0.829. The predicted molar refractivity (Wildman–Crippen MR) is 67.2 cm³/mol. The summed E-state index contributed by atoms with van der Waals surface area (Å²) in [5.74, 6) is 0. The Labute approximate surface area is 104 Å². The molecular formula is C13H16BrNO. The second-order valence-corrected chi connectivity index (χ2v) is 6.00. The third kappa shape index (κ3) is 1.81. The lowest BCUT2D eigenvalue weighted by Crippen LogP contribution is -2.46. The van der Waals surface area contributed by atoms with Crippen molar-refractivity contribution < 1.29 is 5.11 Å². The fourth-order valence-electron chi connectivity index (χ4n) is 3.14. The van der Waals surface area contributed by atoms with Crippen molar-refractivity contribution >= 4 is 15.9 Å². The molecule has 3 rings (SSSR count). The Hall–Kier alpha value is -0.380. The first-order valence-corrected chi connectivity index (χ1v) is 6.69. The molecule has 0 spiro atoms. The summed E-state index contributed by atoms with van der Waals surface area (Å²) in [6, 6.07) is 9.09. The molecule has 1 aromatic carbocycles. The van der Waals surface area contributed by atoms with Crippen molar-refractivity contribution in [3.8, 4) is 0 Å². The van der Waals surface area contributed by atoms with Crippen molar-refractivity contribution in [1.29, 1.82) is 0 Å². The van der Waals surface area contributed by atoms with Gasteiger partial charge >= 0.3 is 0 Å². The maximum absolute atomic E-state index is 10.8. The number of fused-ring (bicyclic) bond motifs is 2. The van der Waals surface area contributed by atoms with Gasteiger partial charge < -0.3 is 10.4 Å². The number of nitrogens with one attached hydrogen (secondary N) is 1. The Bertz CT molecular complexity index is 395.